The highest BCUT2D eigenvalue weighted by molar-refractivity contribution is 6.22. The summed E-state index contributed by atoms with van der Waals surface area (Å²) in [6.07, 6.45) is -0.210. The van der Waals surface area contributed by atoms with E-state index in [-0.39, 0.29) is 12.8 Å². The van der Waals surface area contributed by atoms with Crippen molar-refractivity contribution in [1.29, 1.82) is 0 Å². The van der Waals surface area contributed by atoms with Crippen LogP contribution in [0.1, 0.15) is 12.8 Å². The van der Waals surface area contributed by atoms with Crippen molar-refractivity contribution < 1.29 is 19.4 Å². The molecule has 4 aromatic rings. The summed E-state index contributed by atoms with van der Waals surface area (Å²) in [6, 6.07) is 21.9. The van der Waals surface area contributed by atoms with Crippen molar-refractivity contribution in [3.63, 3.8) is 0 Å². The minimum absolute atomic E-state index is 0.0498. The Morgan fingerprint density at radius 3 is 1.48 bits per heavy atom. The second kappa shape index (κ2) is 7.18. The molecule has 0 radical (unpaired) electrons. The van der Waals surface area contributed by atoms with Gasteiger partial charge in [-0.2, -0.15) is 0 Å². The van der Waals surface area contributed by atoms with E-state index in [1.54, 1.807) is 0 Å². The van der Waals surface area contributed by atoms with Gasteiger partial charge in [0.15, 0.2) is 0 Å². The number of carbonyl (C=O) groups is 2. The third-order valence-corrected chi connectivity index (χ3v) is 4.16. The highest BCUT2D eigenvalue weighted by Crippen LogP contribution is 2.33. The van der Waals surface area contributed by atoms with Crippen molar-refractivity contribution in [3.05, 3.63) is 60.7 Å². The monoisotopic (exact) mass is 334 g/mol. The molecule has 4 heteroatoms. The second-order valence-electron chi connectivity index (χ2n) is 5.76. The molecule has 1 N–H and O–H groups in total. The van der Waals surface area contributed by atoms with E-state index in [9.17, 15) is 9.59 Å². The number of carbonyl (C=O) groups excluding carboxylic acids is 1. The lowest BCUT2D eigenvalue weighted by molar-refractivity contribution is -0.145. The van der Waals surface area contributed by atoms with Gasteiger partial charge in [-0.25, -0.2) is 0 Å². The van der Waals surface area contributed by atoms with Crippen LogP contribution in [0.2, 0.25) is 0 Å². The number of benzene rings is 4. The fourth-order valence-electron chi connectivity index (χ4n) is 2.98. The number of aliphatic carboxylic acids is 1. The van der Waals surface area contributed by atoms with Crippen LogP contribution in [-0.4, -0.2) is 24.2 Å². The molecule has 0 fully saturated rings. The first-order chi connectivity index (χ1) is 12.1. The van der Waals surface area contributed by atoms with E-state index in [4.69, 9.17) is 5.11 Å². The molecule has 4 rings (SSSR count). The molecule has 0 atom stereocenters. The number of ether oxygens (including phenoxy) is 1. The molecule has 0 unspecified atom stereocenters. The van der Waals surface area contributed by atoms with Crippen molar-refractivity contribution >= 4 is 44.3 Å². The average Bonchev–Trinajstić information content (AvgIpc) is 2.65. The summed E-state index contributed by atoms with van der Waals surface area (Å²) in [5, 5.41) is 16.2. The zero-order valence-corrected chi connectivity index (χ0v) is 13.9. The van der Waals surface area contributed by atoms with E-state index in [0.29, 0.717) is 0 Å². The highest BCUT2D eigenvalue weighted by Gasteiger charge is 2.06. The summed E-state index contributed by atoms with van der Waals surface area (Å²) in [4.78, 5) is 20.0. The molecule has 0 saturated carbocycles. The van der Waals surface area contributed by atoms with Gasteiger partial charge in [0, 0.05) is 0 Å². The SMILES string of the molecule is COC(=O)CCC(=O)O.c1cc2ccc3cccc4ccc(c1)c2c34. The topological polar surface area (TPSA) is 63.6 Å². The number of carboxylic acids is 1. The Bertz CT molecular complexity index is 906. The third-order valence-electron chi connectivity index (χ3n) is 4.16. The van der Waals surface area contributed by atoms with Crippen molar-refractivity contribution in [1.82, 2.24) is 0 Å². The lowest BCUT2D eigenvalue weighted by Gasteiger charge is -2.09. The molecule has 25 heavy (non-hydrogen) atoms. The molecule has 4 aromatic carbocycles. The van der Waals surface area contributed by atoms with Crippen LogP contribution in [0.4, 0.5) is 0 Å². The van der Waals surface area contributed by atoms with Gasteiger partial charge in [0.05, 0.1) is 20.0 Å². The van der Waals surface area contributed by atoms with Gasteiger partial charge in [-0.1, -0.05) is 60.7 Å². The maximum absolute atomic E-state index is 10.2. The number of carboxylic acid groups (broad SMARTS) is 1. The fraction of sp³-hybridized carbons (Fsp3) is 0.143. The van der Waals surface area contributed by atoms with Crippen molar-refractivity contribution in [2.75, 3.05) is 7.11 Å². The smallest absolute Gasteiger partial charge is 0.306 e. The molecule has 0 aromatic heterocycles. The maximum Gasteiger partial charge on any atom is 0.306 e. The van der Waals surface area contributed by atoms with Gasteiger partial charge < -0.3 is 9.84 Å². The number of methoxy groups -OCH3 is 1. The molecule has 0 saturated heterocycles. The molecule has 126 valence electrons. The molecular formula is C21H18O4. The summed E-state index contributed by atoms with van der Waals surface area (Å²) < 4.78 is 4.20. The molecule has 0 amide bonds. The molecule has 0 bridgehead atoms. The summed E-state index contributed by atoms with van der Waals surface area (Å²) in [5.74, 6) is -1.47. The van der Waals surface area contributed by atoms with Crippen LogP contribution in [0.5, 0.6) is 0 Å². The van der Waals surface area contributed by atoms with Crippen molar-refractivity contribution in [3.8, 4) is 0 Å². The number of hydrogen-bond acceptors (Lipinski definition) is 3. The standard InChI is InChI=1S/C16H10.C5H8O4/c1-3-11-7-9-13-5-2-6-14-10-8-12(4-1)15(11)16(13)14;1-9-5(8)3-2-4(6)7/h1-10H;2-3H2,1H3,(H,6,7). The van der Waals surface area contributed by atoms with Gasteiger partial charge in [-0.15, -0.1) is 0 Å². The molecule has 0 spiro atoms. The van der Waals surface area contributed by atoms with Crippen LogP contribution in [0.3, 0.4) is 0 Å². The summed E-state index contributed by atoms with van der Waals surface area (Å²) in [7, 11) is 1.23. The molecule has 0 aliphatic carbocycles. The zero-order chi connectivity index (χ0) is 17.8. The van der Waals surface area contributed by atoms with Crippen LogP contribution in [0.15, 0.2) is 60.7 Å². The van der Waals surface area contributed by atoms with Crippen LogP contribution in [-0.2, 0) is 14.3 Å². The van der Waals surface area contributed by atoms with Crippen molar-refractivity contribution in [2.24, 2.45) is 0 Å². The Balaban J connectivity index is 0.000000176. The average molecular weight is 334 g/mol. The first-order valence-electron chi connectivity index (χ1n) is 8.01. The first-order valence-corrected chi connectivity index (χ1v) is 8.01. The Morgan fingerprint density at radius 2 is 1.16 bits per heavy atom. The molecule has 0 aliphatic heterocycles. The normalized spacial score (nSPS) is 10.6. The Hall–Kier alpha value is -3.14. The van der Waals surface area contributed by atoms with Gasteiger partial charge in [0.25, 0.3) is 0 Å². The number of esters is 1. The third kappa shape index (κ3) is 3.53. The summed E-state index contributed by atoms with van der Waals surface area (Å²) in [6.45, 7) is 0. The first kappa shape index (κ1) is 16.7. The molecular weight excluding hydrogens is 316 g/mol. The van der Waals surface area contributed by atoms with E-state index in [1.807, 2.05) is 0 Å². The summed E-state index contributed by atoms with van der Waals surface area (Å²) >= 11 is 0. The Kier molecular flexibility index (Phi) is 4.80. The molecule has 4 nitrogen and oxygen atoms in total. The van der Waals surface area contributed by atoms with Crippen LogP contribution >= 0.6 is 0 Å². The number of rotatable bonds is 3. The Labute approximate surface area is 145 Å². The predicted octanol–water partition coefficient (Wildman–Crippen LogP) is 4.61. The van der Waals surface area contributed by atoms with Crippen molar-refractivity contribution in [2.45, 2.75) is 12.8 Å². The minimum Gasteiger partial charge on any atom is -0.481 e. The minimum atomic E-state index is -0.986. The van der Waals surface area contributed by atoms with E-state index < -0.39 is 11.9 Å². The second-order valence-corrected chi connectivity index (χ2v) is 5.76. The lowest BCUT2D eigenvalue weighted by Crippen LogP contribution is -2.04. The van der Waals surface area contributed by atoms with E-state index in [1.165, 1.54) is 39.4 Å². The maximum atomic E-state index is 10.2. The Morgan fingerprint density at radius 1 is 0.760 bits per heavy atom. The van der Waals surface area contributed by atoms with Gasteiger partial charge in [0.2, 0.25) is 0 Å². The fourth-order valence-corrected chi connectivity index (χ4v) is 2.98. The lowest BCUT2D eigenvalue weighted by atomic mass is 9.95. The predicted molar refractivity (Wildman–Crippen MR) is 99.0 cm³/mol. The summed E-state index contributed by atoms with van der Waals surface area (Å²) in [5.41, 5.74) is 0. The van der Waals surface area contributed by atoms with Crippen LogP contribution in [0, 0.1) is 0 Å². The van der Waals surface area contributed by atoms with Crippen LogP contribution in [0.25, 0.3) is 32.3 Å². The quantitative estimate of drug-likeness (QED) is 0.439. The van der Waals surface area contributed by atoms with E-state index in [0.717, 1.165) is 0 Å². The van der Waals surface area contributed by atoms with Crippen LogP contribution < -0.4 is 0 Å². The van der Waals surface area contributed by atoms with Gasteiger partial charge in [-0.05, 0) is 32.3 Å². The van der Waals surface area contributed by atoms with Gasteiger partial charge in [-0.3, -0.25) is 9.59 Å². The highest BCUT2D eigenvalue weighted by atomic mass is 16.5. The van der Waals surface area contributed by atoms with E-state index in [2.05, 4.69) is 65.4 Å². The largest absolute Gasteiger partial charge is 0.481 e. The zero-order valence-electron chi connectivity index (χ0n) is 13.9. The van der Waals surface area contributed by atoms with Gasteiger partial charge in [0.1, 0.15) is 0 Å². The molecule has 0 heterocycles. The molecule has 0 aliphatic rings. The number of hydrogen-bond donors (Lipinski definition) is 1. The van der Waals surface area contributed by atoms with Gasteiger partial charge >= 0.3 is 11.9 Å². The van der Waals surface area contributed by atoms with E-state index >= 15 is 0 Å².